The van der Waals surface area contributed by atoms with Crippen LogP contribution in [0.3, 0.4) is 0 Å². The summed E-state index contributed by atoms with van der Waals surface area (Å²) < 4.78 is 0. The largest absolute Gasteiger partial charge is 0.465 e. The van der Waals surface area contributed by atoms with E-state index in [1.54, 1.807) is 6.26 Å². The highest BCUT2D eigenvalue weighted by Crippen LogP contribution is 2.34. The topological polar surface area (TPSA) is 136 Å². The van der Waals surface area contributed by atoms with Crippen LogP contribution in [0.1, 0.15) is 22.3 Å². The quantitative estimate of drug-likeness (QED) is 0.645. The van der Waals surface area contributed by atoms with Crippen molar-refractivity contribution in [2.45, 2.75) is 22.2 Å². The van der Waals surface area contributed by atoms with Crippen LogP contribution >= 0.6 is 23.5 Å². The van der Waals surface area contributed by atoms with Crippen LogP contribution < -0.4 is 11.1 Å². The van der Waals surface area contributed by atoms with Gasteiger partial charge in [-0.05, 0) is 17.4 Å². The number of carboxylic acid groups (broad SMARTS) is 1. The first-order valence-corrected chi connectivity index (χ1v) is 9.56. The summed E-state index contributed by atoms with van der Waals surface area (Å²) in [4.78, 5) is 15.3. The molecule has 1 aromatic carbocycles. The molecule has 1 amide bonds. The molecule has 0 saturated heterocycles. The van der Waals surface area contributed by atoms with Gasteiger partial charge in [-0.25, -0.2) is 9.78 Å². The molecule has 0 saturated carbocycles. The van der Waals surface area contributed by atoms with Crippen molar-refractivity contribution in [3.8, 4) is 12.1 Å². The summed E-state index contributed by atoms with van der Waals surface area (Å²) in [5, 5.41) is 30.1. The molecule has 132 valence electrons. The van der Waals surface area contributed by atoms with E-state index in [0.29, 0.717) is 21.2 Å². The minimum absolute atomic E-state index is 0.119. The molecule has 1 heterocycles. The molecule has 0 fully saturated rings. The maximum Gasteiger partial charge on any atom is 0.404 e. The first-order valence-electron chi connectivity index (χ1n) is 7.35. The van der Waals surface area contributed by atoms with Crippen LogP contribution in [0.25, 0.3) is 0 Å². The van der Waals surface area contributed by atoms with Crippen molar-refractivity contribution in [1.82, 2.24) is 10.3 Å². The Labute approximate surface area is 159 Å². The highest BCUT2D eigenvalue weighted by atomic mass is 32.2. The maximum absolute atomic E-state index is 10.5. The first kappa shape index (κ1) is 19.4. The second kappa shape index (κ2) is 8.99. The maximum atomic E-state index is 10.5. The lowest BCUT2D eigenvalue weighted by Gasteiger charge is -2.11. The van der Waals surface area contributed by atoms with Gasteiger partial charge >= 0.3 is 6.09 Å². The Hall–Kier alpha value is -2.88. The van der Waals surface area contributed by atoms with Gasteiger partial charge in [0.2, 0.25) is 0 Å². The van der Waals surface area contributed by atoms with Gasteiger partial charge in [0, 0.05) is 17.2 Å². The van der Waals surface area contributed by atoms with E-state index in [0.717, 1.165) is 11.1 Å². The first-order chi connectivity index (χ1) is 12.5. The van der Waals surface area contributed by atoms with Crippen LogP contribution in [-0.2, 0) is 12.3 Å². The molecular weight excluding hydrogens is 370 g/mol. The fourth-order valence-corrected chi connectivity index (χ4v) is 3.87. The van der Waals surface area contributed by atoms with E-state index in [4.69, 9.17) is 10.8 Å². The molecule has 2 aromatic rings. The summed E-state index contributed by atoms with van der Waals surface area (Å²) in [6.45, 7) is 0.242. The fourth-order valence-electron chi connectivity index (χ4n) is 2.16. The number of aromatic nitrogens is 1. The van der Waals surface area contributed by atoms with Gasteiger partial charge in [-0.2, -0.15) is 10.5 Å². The van der Waals surface area contributed by atoms with Crippen LogP contribution in [0, 0.1) is 22.7 Å². The van der Waals surface area contributed by atoms with E-state index in [1.165, 1.54) is 23.5 Å². The zero-order valence-electron chi connectivity index (χ0n) is 13.8. The van der Waals surface area contributed by atoms with E-state index in [-0.39, 0.29) is 17.9 Å². The second-order valence-electron chi connectivity index (χ2n) is 5.07. The number of anilines is 1. The lowest BCUT2D eigenvalue weighted by Crippen LogP contribution is -2.19. The number of nitrogen functional groups attached to an aromatic ring is 1. The second-order valence-corrected chi connectivity index (χ2v) is 6.85. The van der Waals surface area contributed by atoms with Crippen molar-refractivity contribution >= 4 is 35.4 Å². The molecule has 0 spiro atoms. The van der Waals surface area contributed by atoms with Gasteiger partial charge in [0.1, 0.15) is 28.5 Å². The number of nitrogens with zero attached hydrogens (tertiary/aromatic N) is 3. The molecule has 0 radical (unpaired) electrons. The summed E-state index contributed by atoms with van der Waals surface area (Å²) in [6.07, 6.45) is 0.720. The van der Waals surface area contributed by atoms with Crippen LogP contribution in [0.2, 0.25) is 0 Å². The monoisotopic (exact) mass is 385 g/mol. The van der Waals surface area contributed by atoms with Crippen molar-refractivity contribution < 1.29 is 9.90 Å². The smallest absolute Gasteiger partial charge is 0.404 e. The molecule has 0 atom stereocenters. The molecule has 9 heteroatoms. The number of nitrogens with two attached hydrogens (primary N) is 1. The normalized spacial score (nSPS) is 9.96. The fraction of sp³-hybridized carbons (Fsp3) is 0.176. The SMILES string of the molecule is CSc1c(C#N)c(N)nc(SCc2ccc(CNC(=O)O)cc2)c1C#N. The molecule has 4 N–H and O–H groups in total. The van der Waals surface area contributed by atoms with Gasteiger partial charge in [-0.15, -0.1) is 23.5 Å². The summed E-state index contributed by atoms with van der Waals surface area (Å²) >= 11 is 2.66. The third-order valence-corrected chi connectivity index (χ3v) is 5.28. The number of thioether (sulfide) groups is 2. The molecule has 0 aliphatic carbocycles. The molecule has 0 bridgehead atoms. The number of hydrogen-bond donors (Lipinski definition) is 3. The average Bonchev–Trinajstić information content (AvgIpc) is 2.64. The van der Waals surface area contributed by atoms with Crippen LogP contribution in [-0.4, -0.2) is 22.4 Å². The van der Waals surface area contributed by atoms with E-state index >= 15 is 0 Å². The van der Waals surface area contributed by atoms with Gasteiger partial charge in [0.25, 0.3) is 0 Å². The standard InChI is InChI=1S/C17H15N5O2S2/c1-25-14-12(6-18)15(20)22-16(13(14)7-19)26-9-11-4-2-10(3-5-11)8-21-17(23)24/h2-5,21H,8-9H2,1H3,(H2,20,22)(H,23,24). The number of carbonyl (C=O) groups is 1. The van der Waals surface area contributed by atoms with Gasteiger partial charge in [-0.3, -0.25) is 0 Å². The Morgan fingerprint density at radius 1 is 1.23 bits per heavy atom. The lowest BCUT2D eigenvalue weighted by molar-refractivity contribution is 0.194. The number of rotatable bonds is 6. The van der Waals surface area contributed by atoms with E-state index < -0.39 is 6.09 Å². The molecule has 0 unspecified atom stereocenters. The molecule has 2 rings (SSSR count). The summed E-state index contributed by atoms with van der Waals surface area (Å²) in [5.74, 6) is 0.682. The van der Waals surface area contributed by atoms with Crippen LogP contribution in [0.4, 0.5) is 10.6 Å². The van der Waals surface area contributed by atoms with E-state index in [1.807, 2.05) is 30.3 Å². The van der Waals surface area contributed by atoms with Crippen molar-refractivity contribution in [2.24, 2.45) is 0 Å². The Morgan fingerprint density at radius 2 is 1.85 bits per heavy atom. The van der Waals surface area contributed by atoms with Gasteiger partial charge < -0.3 is 16.2 Å². The summed E-state index contributed by atoms with van der Waals surface area (Å²) in [6, 6.07) is 11.6. The number of nitriles is 2. The number of benzene rings is 1. The Kier molecular flexibility index (Phi) is 6.73. The minimum Gasteiger partial charge on any atom is -0.465 e. The van der Waals surface area contributed by atoms with Crippen molar-refractivity contribution in [1.29, 1.82) is 10.5 Å². The molecule has 0 aliphatic rings. The Morgan fingerprint density at radius 3 is 2.38 bits per heavy atom. The third-order valence-electron chi connectivity index (χ3n) is 3.42. The third kappa shape index (κ3) is 4.60. The molecule has 26 heavy (non-hydrogen) atoms. The van der Waals surface area contributed by atoms with Gasteiger partial charge in [0.15, 0.2) is 0 Å². The highest BCUT2D eigenvalue weighted by Gasteiger charge is 2.18. The Bertz CT molecular complexity index is 901. The average molecular weight is 385 g/mol. The molecule has 0 aliphatic heterocycles. The number of amides is 1. The van der Waals surface area contributed by atoms with E-state index in [2.05, 4.69) is 16.4 Å². The minimum atomic E-state index is -1.07. The predicted molar refractivity (Wildman–Crippen MR) is 101 cm³/mol. The van der Waals surface area contributed by atoms with Gasteiger partial charge in [0.05, 0.1) is 5.56 Å². The number of nitrogens with one attached hydrogen (secondary N) is 1. The molecular formula is C17H15N5O2S2. The van der Waals surface area contributed by atoms with Crippen LogP contribution in [0.5, 0.6) is 0 Å². The Balaban J connectivity index is 2.17. The summed E-state index contributed by atoms with van der Waals surface area (Å²) in [5.41, 5.74) is 8.29. The number of pyridine rings is 1. The van der Waals surface area contributed by atoms with Crippen LogP contribution in [0.15, 0.2) is 34.2 Å². The number of hydrogen-bond acceptors (Lipinski definition) is 7. The van der Waals surface area contributed by atoms with E-state index in [9.17, 15) is 15.3 Å². The predicted octanol–water partition coefficient (Wildman–Crippen LogP) is 3.19. The van der Waals surface area contributed by atoms with Crippen molar-refractivity contribution in [3.05, 3.63) is 46.5 Å². The van der Waals surface area contributed by atoms with Crippen molar-refractivity contribution in [3.63, 3.8) is 0 Å². The molecule has 1 aromatic heterocycles. The zero-order chi connectivity index (χ0) is 19.1. The lowest BCUT2D eigenvalue weighted by atomic mass is 10.1. The van der Waals surface area contributed by atoms with Gasteiger partial charge in [-0.1, -0.05) is 24.3 Å². The molecule has 7 nitrogen and oxygen atoms in total. The zero-order valence-corrected chi connectivity index (χ0v) is 15.4. The van der Waals surface area contributed by atoms with Crippen molar-refractivity contribution in [2.75, 3.05) is 12.0 Å². The highest BCUT2D eigenvalue weighted by molar-refractivity contribution is 7.99. The summed E-state index contributed by atoms with van der Waals surface area (Å²) in [7, 11) is 0.